The van der Waals surface area contributed by atoms with Crippen LogP contribution in [0, 0.1) is 0 Å². The first-order valence-corrected chi connectivity index (χ1v) is 6.79. The van der Waals surface area contributed by atoms with Crippen molar-refractivity contribution >= 4 is 28.6 Å². The van der Waals surface area contributed by atoms with E-state index in [1.165, 1.54) is 0 Å². The quantitative estimate of drug-likeness (QED) is 0.811. The first-order valence-electron chi connectivity index (χ1n) is 5.09. The third-order valence-corrected chi connectivity index (χ3v) is 3.52. The molecule has 1 rings (SSSR count). The van der Waals surface area contributed by atoms with Crippen molar-refractivity contribution in [2.75, 3.05) is 13.8 Å². The Morgan fingerprint density at radius 2 is 2.11 bits per heavy atom. The number of ether oxygens (including phenoxy) is 1. The topological polar surface area (TPSA) is 55.4 Å². The molecule has 0 bridgehead atoms. The largest absolute Gasteiger partial charge is 0.468 e. The highest BCUT2D eigenvalue weighted by molar-refractivity contribution is 7.82. The van der Waals surface area contributed by atoms with E-state index in [1.54, 1.807) is 24.3 Å². The van der Waals surface area contributed by atoms with Gasteiger partial charge in [-0.2, -0.15) is 0 Å². The summed E-state index contributed by atoms with van der Waals surface area (Å²) in [4.78, 5) is 11.1. The van der Waals surface area contributed by atoms with Gasteiger partial charge in [-0.1, -0.05) is 23.7 Å². The van der Waals surface area contributed by atoms with Crippen molar-refractivity contribution in [1.29, 1.82) is 0 Å². The van der Waals surface area contributed by atoms with Crippen LogP contribution in [0.2, 0.25) is 5.02 Å². The highest BCUT2D eigenvalue weighted by atomic mass is 35.5. The molecular formula is C11H13ClFNO3S. The second-order valence-corrected chi connectivity index (χ2v) is 5.12. The zero-order valence-electron chi connectivity index (χ0n) is 9.69. The summed E-state index contributed by atoms with van der Waals surface area (Å²) in [6.07, 6.45) is 0. The van der Waals surface area contributed by atoms with Crippen LogP contribution in [-0.4, -0.2) is 30.0 Å². The predicted molar refractivity (Wildman–Crippen MR) is 68.2 cm³/mol. The number of methoxy groups -OCH3 is 1. The van der Waals surface area contributed by atoms with E-state index in [-0.39, 0.29) is 5.75 Å². The lowest BCUT2D eigenvalue weighted by molar-refractivity contribution is -0.142. The Morgan fingerprint density at radius 3 is 2.61 bits per heavy atom. The van der Waals surface area contributed by atoms with Crippen LogP contribution >= 0.6 is 11.6 Å². The standard InChI is InChI=1S/C11H13ClFNO3S/c1-17-11(15)10(6-13)14-18(16)7-8-2-4-9(12)5-3-8/h2-5,10,14H,6-7H2,1H3. The number of alkyl halides is 1. The van der Waals surface area contributed by atoms with Crippen LogP contribution < -0.4 is 4.72 Å². The molecule has 0 aliphatic rings. The van der Waals surface area contributed by atoms with Gasteiger partial charge in [-0.3, -0.25) is 4.79 Å². The van der Waals surface area contributed by atoms with Crippen molar-refractivity contribution in [1.82, 2.24) is 4.72 Å². The number of hydrogen-bond acceptors (Lipinski definition) is 3. The van der Waals surface area contributed by atoms with Gasteiger partial charge in [0.05, 0.1) is 23.8 Å². The van der Waals surface area contributed by atoms with Crippen molar-refractivity contribution in [2.45, 2.75) is 11.8 Å². The van der Waals surface area contributed by atoms with Crippen molar-refractivity contribution in [3.63, 3.8) is 0 Å². The van der Waals surface area contributed by atoms with Crippen LogP contribution in [0.4, 0.5) is 4.39 Å². The van der Waals surface area contributed by atoms with Crippen molar-refractivity contribution < 1.29 is 18.1 Å². The van der Waals surface area contributed by atoms with Gasteiger partial charge < -0.3 is 4.74 Å². The fraction of sp³-hybridized carbons (Fsp3) is 0.364. The zero-order chi connectivity index (χ0) is 13.5. The average molecular weight is 294 g/mol. The summed E-state index contributed by atoms with van der Waals surface area (Å²) < 4.78 is 31.0. The van der Waals surface area contributed by atoms with Gasteiger partial charge in [0.25, 0.3) is 0 Å². The van der Waals surface area contributed by atoms with E-state index >= 15 is 0 Å². The Hall–Kier alpha value is -0.980. The molecule has 2 unspecified atom stereocenters. The van der Waals surface area contributed by atoms with Gasteiger partial charge in [0.15, 0.2) is 0 Å². The highest BCUT2D eigenvalue weighted by Gasteiger charge is 2.20. The summed E-state index contributed by atoms with van der Waals surface area (Å²) in [5.41, 5.74) is 0.771. The molecule has 2 atom stereocenters. The van der Waals surface area contributed by atoms with E-state index in [0.29, 0.717) is 5.02 Å². The van der Waals surface area contributed by atoms with Gasteiger partial charge in [-0.25, -0.2) is 13.3 Å². The normalized spacial score (nSPS) is 13.9. The molecule has 0 saturated carbocycles. The van der Waals surface area contributed by atoms with E-state index < -0.39 is 29.7 Å². The highest BCUT2D eigenvalue weighted by Crippen LogP contribution is 2.10. The number of carbonyl (C=O) groups is 1. The van der Waals surface area contributed by atoms with Gasteiger partial charge in [0, 0.05) is 5.02 Å². The molecular weight excluding hydrogens is 281 g/mol. The third-order valence-electron chi connectivity index (χ3n) is 2.12. The number of halogens is 2. The molecule has 1 aromatic carbocycles. The summed E-state index contributed by atoms with van der Waals surface area (Å²) in [5, 5.41) is 0.577. The van der Waals surface area contributed by atoms with Crippen molar-refractivity contribution in [3.8, 4) is 0 Å². The van der Waals surface area contributed by atoms with Crippen LogP contribution in [0.3, 0.4) is 0 Å². The minimum Gasteiger partial charge on any atom is -0.468 e. The van der Waals surface area contributed by atoms with Crippen molar-refractivity contribution in [3.05, 3.63) is 34.9 Å². The molecule has 0 spiro atoms. The first-order chi connectivity index (χ1) is 8.56. The molecule has 18 heavy (non-hydrogen) atoms. The molecule has 0 saturated heterocycles. The summed E-state index contributed by atoms with van der Waals surface area (Å²) in [6, 6.07) is 5.56. The molecule has 0 aliphatic heterocycles. The minimum atomic E-state index is -1.56. The summed E-state index contributed by atoms with van der Waals surface area (Å²) >= 11 is 5.71. The number of benzene rings is 1. The average Bonchev–Trinajstić information content (AvgIpc) is 2.37. The molecule has 0 heterocycles. The number of nitrogens with one attached hydrogen (secondary N) is 1. The van der Waals surface area contributed by atoms with E-state index in [4.69, 9.17) is 11.6 Å². The smallest absolute Gasteiger partial charge is 0.326 e. The molecule has 0 fully saturated rings. The van der Waals surface area contributed by atoms with Gasteiger partial charge >= 0.3 is 5.97 Å². The maximum absolute atomic E-state index is 12.5. The number of hydrogen-bond donors (Lipinski definition) is 1. The lowest BCUT2D eigenvalue weighted by atomic mass is 10.2. The van der Waals surface area contributed by atoms with Crippen molar-refractivity contribution in [2.24, 2.45) is 0 Å². The summed E-state index contributed by atoms with van der Waals surface area (Å²) in [5.74, 6) is -0.619. The lowest BCUT2D eigenvalue weighted by Gasteiger charge is -2.12. The summed E-state index contributed by atoms with van der Waals surface area (Å²) in [6.45, 7) is -0.973. The van der Waals surface area contributed by atoms with E-state index in [2.05, 4.69) is 9.46 Å². The fourth-order valence-corrected chi connectivity index (χ4v) is 2.40. The van der Waals surface area contributed by atoms with Crippen LogP contribution in [0.15, 0.2) is 24.3 Å². The molecule has 7 heteroatoms. The molecule has 0 radical (unpaired) electrons. The van der Waals surface area contributed by atoms with E-state index in [1.807, 2.05) is 0 Å². The van der Waals surface area contributed by atoms with Crippen LogP contribution in [0.5, 0.6) is 0 Å². The lowest BCUT2D eigenvalue weighted by Crippen LogP contribution is -2.40. The molecule has 1 N–H and O–H groups in total. The Balaban J connectivity index is 2.55. The van der Waals surface area contributed by atoms with E-state index in [0.717, 1.165) is 12.7 Å². The van der Waals surface area contributed by atoms with Crippen LogP contribution in [-0.2, 0) is 26.3 Å². The maximum atomic E-state index is 12.5. The summed E-state index contributed by atoms with van der Waals surface area (Å²) in [7, 11) is -0.416. The predicted octanol–water partition coefficient (Wildman–Crippen LogP) is 1.60. The second kappa shape index (κ2) is 7.45. The van der Waals surface area contributed by atoms with E-state index in [9.17, 15) is 13.4 Å². The monoisotopic (exact) mass is 293 g/mol. The number of rotatable bonds is 6. The van der Waals surface area contributed by atoms with Gasteiger partial charge in [-0.05, 0) is 17.7 Å². The van der Waals surface area contributed by atoms with Crippen LogP contribution in [0.1, 0.15) is 5.56 Å². The third kappa shape index (κ3) is 4.72. The second-order valence-electron chi connectivity index (χ2n) is 3.46. The van der Waals surface area contributed by atoms with Crippen LogP contribution in [0.25, 0.3) is 0 Å². The molecule has 0 aliphatic carbocycles. The Bertz CT molecular complexity index is 427. The Labute approximate surface area is 112 Å². The molecule has 0 amide bonds. The van der Waals surface area contributed by atoms with Gasteiger partial charge in [-0.15, -0.1) is 0 Å². The Morgan fingerprint density at radius 1 is 1.50 bits per heavy atom. The zero-order valence-corrected chi connectivity index (χ0v) is 11.3. The molecule has 100 valence electrons. The Kier molecular flexibility index (Phi) is 6.24. The van der Waals surface area contributed by atoms with Gasteiger partial charge in [0.2, 0.25) is 0 Å². The molecule has 1 aromatic rings. The number of esters is 1. The molecule has 4 nitrogen and oxygen atoms in total. The fourth-order valence-electron chi connectivity index (χ4n) is 1.22. The molecule has 0 aromatic heterocycles. The maximum Gasteiger partial charge on any atom is 0.326 e. The number of carbonyl (C=O) groups excluding carboxylic acids is 1. The minimum absolute atomic E-state index is 0.157. The van der Waals surface area contributed by atoms with Gasteiger partial charge in [0.1, 0.15) is 12.7 Å². The first kappa shape index (κ1) is 15.1. The SMILES string of the molecule is COC(=O)C(CF)NS(=O)Cc1ccc(Cl)cc1.